The molecule has 0 fully saturated rings. The first-order chi connectivity index (χ1) is 8.35. The van der Waals surface area contributed by atoms with Crippen LogP contribution in [0.2, 0.25) is 0 Å². The van der Waals surface area contributed by atoms with Crippen LogP contribution in [0.25, 0.3) is 10.1 Å². The van der Waals surface area contributed by atoms with Gasteiger partial charge in [0.15, 0.2) is 0 Å². The number of rotatable bonds is 6. The average Bonchev–Trinajstić information content (AvgIpc) is 2.78. The van der Waals surface area contributed by atoms with Crippen molar-refractivity contribution in [3.63, 3.8) is 0 Å². The van der Waals surface area contributed by atoms with E-state index in [9.17, 15) is 0 Å². The van der Waals surface area contributed by atoms with Crippen LogP contribution in [0.1, 0.15) is 5.56 Å². The van der Waals surface area contributed by atoms with E-state index in [2.05, 4.69) is 35.0 Å². The molecule has 0 aliphatic rings. The van der Waals surface area contributed by atoms with Gasteiger partial charge in [-0.25, -0.2) is 0 Å². The summed E-state index contributed by atoms with van der Waals surface area (Å²) in [4.78, 5) is 0. The second-order valence-electron chi connectivity index (χ2n) is 4.02. The first-order valence-electron chi connectivity index (χ1n) is 5.75. The summed E-state index contributed by atoms with van der Waals surface area (Å²) in [5.74, 6) is 0. The van der Waals surface area contributed by atoms with Crippen molar-refractivity contribution in [2.75, 3.05) is 19.8 Å². The molecule has 0 aliphatic carbocycles. The molecule has 92 valence electrons. The Kier molecular flexibility index (Phi) is 4.50. The lowest BCUT2D eigenvalue weighted by atomic mass is 10.1. The summed E-state index contributed by atoms with van der Waals surface area (Å²) in [6.45, 7) is 0.717. The van der Waals surface area contributed by atoms with Crippen LogP contribution in [-0.4, -0.2) is 36.0 Å². The van der Waals surface area contributed by atoms with Gasteiger partial charge in [0.05, 0.1) is 19.3 Å². The minimum atomic E-state index is -0.208. The van der Waals surface area contributed by atoms with E-state index in [1.165, 1.54) is 15.6 Å². The van der Waals surface area contributed by atoms with Gasteiger partial charge in [0.25, 0.3) is 0 Å². The van der Waals surface area contributed by atoms with Gasteiger partial charge in [0, 0.05) is 4.70 Å². The van der Waals surface area contributed by atoms with Crippen molar-refractivity contribution in [2.45, 2.75) is 12.5 Å². The SMILES string of the molecule is OCC(CO)NCCc1csc2ccccc12. The molecule has 0 saturated carbocycles. The van der Waals surface area contributed by atoms with Crippen molar-refractivity contribution in [1.29, 1.82) is 0 Å². The van der Waals surface area contributed by atoms with Gasteiger partial charge in [-0.2, -0.15) is 0 Å². The number of thiophene rings is 1. The highest BCUT2D eigenvalue weighted by Gasteiger charge is 2.06. The summed E-state index contributed by atoms with van der Waals surface area (Å²) in [5, 5.41) is 24.5. The number of aliphatic hydroxyl groups is 2. The van der Waals surface area contributed by atoms with Crippen molar-refractivity contribution in [2.24, 2.45) is 0 Å². The lowest BCUT2D eigenvalue weighted by Crippen LogP contribution is -2.36. The van der Waals surface area contributed by atoms with Gasteiger partial charge >= 0.3 is 0 Å². The van der Waals surface area contributed by atoms with Crippen molar-refractivity contribution >= 4 is 21.4 Å². The molecule has 3 N–H and O–H groups in total. The fourth-order valence-corrected chi connectivity index (χ4v) is 2.82. The number of benzene rings is 1. The summed E-state index contributed by atoms with van der Waals surface area (Å²) < 4.78 is 1.31. The predicted octanol–water partition coefficient (Wildman–Crippen LogP) is 1.39. The van der Waals surface area contributed by atoms with Crippen LogP contribution in [0, 0.1) is 0 Å². The van der Waals surface area contributed by atoms with Gasteiger partial charge in [-0.3, -0.25) is 0 Å². The van der Waals surface area contributed by atoms with Gasteiger partial charge in [0.2, 0.25) is 0 Å². The van der Waals surface area contributed by atoms with E-state index < -0.39 is 0 Å². The monoisotopic (exact) mass is 251 g/mol. The zero-order valence-corrected chi connectivity index (χ0v) is 10.4. The highest BCUT2D eigenvalue weighted by Crippen LogP contribution is 2.25. The normalized spacial score (nSPS) is 11.5. The zero-order valence-electron chi connectivity index (χ0n) is 9.60. The second kappa shape index (κ2) is 6.12. The fraction of sp³-hybridized carbons (Fsp3) is 0.385. The molecule has 17 heavy (non-hydrogen) atoms. The Morgan fingerprint density at radius 3 is 2.71 bits per heavy atom. The van der Waals surface area contributed by atoms with Crippen molar-refractivity contribution in [1.82, 2.24) is 5.32 Å². The maximum Gasteiger partial charge on any atom is 0.0607 e. The number of hydrogen-bond donors (Lipinski definition) is 3. The maximum absolute atomic E-state index is 8.93. The van der Waals surface area contributed by atoms with E-state index in [0.29, 0.717) is 0 Å². The van der Waals surface area contributed by atoms with E-state index >= 15 is 0 Å². The van der Waals surface area contributed by atoms with Gasteiger partial charge in [-0.1, -0.05) is 18.2 Å². The lowest BCUT2D eigenvalue weighted by molar-refractivity contribution is 0.171. The summed E-state index contributed by atoms with van der Waals surface area (Å²) in [6.07, 6.45) is 0.917. The van der Waals surface area contributed by atoms with E-state index in [1.54, 1.807) is 11.3 Å². The third-order valence-electron chi connectivity index (χ3n) is 2.83. The van der Waals surface area contributed by atoms with Crippen LogP contribution in [0.15, 0.2) is 29.6 Å². The minimum Gasteiger partial charge on any atom is -0.395 e. The van der Waals surface area contributed by atoms with Crippen LogP contribution in [-0.2, 0) is 6.42 Å². The molecular formula is C13H17NO2S. The molecule has 0 unspecified atom stereocenters. The third kappa shape index (κ3) is 3.04. The predicted molar refractivity (Wildman–Crippen MR) is 71.5 cm³/mol. The summed E-state index contributed by atoms with van der Waals surface area (Å²) in [5.41, 5.74) is 1.33. The Hall–Kier alpha value is -0.940. The van der Waals surface area contributed by atoms with Gasteiger partial charge in [0.1, 0.15) is 0 Å². The Morgan fingerprint density at radius 1 is 1.18 bits per heavy atom. The zero-order chi connectivity index (χ0) is 12.1. The Morgan fingerprint density at radius 2 is 1.94 bits per heavy atom. The minimum absolute atomic E-state index is 0.0269. The molecule has 1 aromatic carbocycles. The van der Waals surface area contributed by atoms with E-state index in [0.717, 1.165) is 13.0 Å². The van der Waals surface area contributed by atoms with Gasteiger partial charge in [-0.15, -0.1) is 11.3 Å². The van der Waals surface area contributed by atoms with E-state index in [-0.39, 0.29) is 19.3 Å². The number of aliphatic hydroxyl groups excluding tert-OH is 2. The standard InChI is InChI=1S/C13H17NO2S/c15-7-11(8-16)14-6-5-10-9-17-13-4-2-1-3-12(10)13/h1-4,9,11,14-16H,5-8H2. The number of fused-ring (bicyclic) bond motifs is 1. The molecule has 0 amide bonds. The van der Waals surface area contributed by atoms with E-state index in [1.807, 2.05) is 0 Å². The van der Waals surface area contributed by atoms with Crippen LogP contribution in [0.4, 0.5) is 0 Å². The molecule has 0 saturated heterocycles. The summed E-state index contributed by atoms with van der Waals surface area (Å²) in [6, 6.07) is 8.16. The lowest BCUT2D eigenvalue weighted by Gasteiger charge is -2.12. The summed E-state index contributed by atoms with van der Waals surface area (Å²) >= 11 is 1.76. The molecular weight excluding hydrogens is 234 g/mol. The number of nitrogens with one attached hydrogen (secondary N) is 1. The van der Waals surface area contributed by atoms with Crippen LogP contribution in [0.3, 0.4) is 0 Å². The molecule has 3 nitrogen and oxygen atoms in total. The highest BCUT2D eigenvalue weighted by atomic mass is 32.1. The molecule has 0 radical (unpaired) electrons. The molecule has 2 rings (SSSR count). The Bertz CT molecular complexity index is 465. The topological polar surface area (TPSA) is 52.5 Å². The first kappa shape index (κ1) is 12.5. The molecule has 4 heteroatoms. The largest absolute Gasteiger partial charge is 0.395 e. The Balaban J connectivity index is 1.95. The Labute approximate surface area is 105 Å². The molecule has 0 spiro atoms. The smallest absolute Gasteiger partial charge is 0.0607 e. The van der Waals surface area contributed by atoms with Crippen molar-refractivity contribution in [3.8, 4) is 0 Å². The number of hydrogen-bond acceptors (Lipinski definition) is 4. The summed E-state index contributed by atoms with van der Waals surface area (Å²) in [7, 11) is 0. The maximum atomic E-state index is 8.93. The van der Waals surface area contributed by atoms with E-state index in [4.69, 9.17) is 10.2 Å². The second-order valence-corrected chi connectivity index (χ2v) is 4.93. The van der Waals surface area contributed by atoms with Gasteiger partial charge in [-0.05, 0) is 35.4 Å². The third-order valence-corrected chi connectivity index (χ3v) is 3.84. The van der Waals surface area contributed by atoms with Gasteiger partial charge < -0.3 is 15.5 Å². The molecule has 2 aromatic rings. The fourth-order valence-electron chi connectivity index (χ4n) is 1.82. The van der Waals surface area contributed by atoms with Crippen LogP contribution >= 0.6 is 11.3 Å². The molecule has 0 bridgehead atoms. The van der Waals surface area contributed by atoms with Crippen LogP contribution in [0.5, 0.6) is 0 Å². The van der Waals surface area contributed by atoms with Crippen molar-refractivity contribution in [3.05, 3.63) is 35.2 Å². The quantitative estimate of drug-likeness (QED) is 0.727. The molecule has 0 aliphatic heterocycles. The van der Waals surface area contributed by atoms with Crippen molar-refractivity contribution < 1.29 is 10.2 Å². The molecule has 1 aromatic heterocycles. The highest BCUT2D eigenvalue weighted by molar-refractivity contribution is 7.17. The van der Waals surface area contributed by atoms with Crippen LogP contribution < -0.4 is 5.32 Å². The molecule has 1 heterocycles. The first-order valence-corrected chi connectivity index (χ1v) is 6.63. The molecule has 0 atom stereocenters. The average molecular weight is 251 g/mol.